The highest BCUT2D eigenvalue weighted by Gasteiger charge is 2.43. The van der Waals surface area contributed by atoms with E-state index in [2.05, 4.69) is 13.8 Å². The van der Waals surface area contributed by atoms with Gasteiger partial charge in [0.1, 0.15) is 6.10 Å². The van der Waals surface area contributed by atoms with Crippen LogP contribution in [0.25, 0.3) is 0 Å². The van der Waals surface area contributed by atoms with E-state index in [-0.39, 0.29) is 17.5 Å². The third-order valence-corrected chi connectivity index (χ3v) is 7.75. The summed E-state index contributed by atoms with van der Waals surface area (Å²) in [6.45, 7) is 4.49. The minimum absolute atomic E-state index is 0.147. The van der Waals surface area contributed by atoms with Crippen LogP contribution in [0.5, 0.6) is 0 Å². The Bertz CT molecular complexity index is 420. The Morgan fingerprint density at radius 1 is 0.857 bits per heavy atom. The summed E-state index contributed by atoms with van der Waals surface area (Å²) in [6, 6.07) is 0. The molecule has 2 aliphatic rings. The second-order valence-electron chi connectivity index (χ2n) is 9.70. The van der Waals surface area contributed by atoms with Crippen molar-refractivity contribution in [2.45, 2.75) is 129 Å². The van der Waals surface area contributed by atoms with Crippen LogP contribution in [-0.4, -0.2) is 18.0 Å². The molecule has 164 valence electrons. The molecule has 28 heavy (non-hydrogen) atoms. The monoisotopic (exact) mass is 412 g/mol. The summed E-state index contributed by atoms with van der Waals surface area (Å²) in [4.78, 5) is 13.2. The van der Waals surface area contributed by atoms with Gasteiger partial charge in [0.15, 0.2) is 0 Å². The van der Waals surface area contributed by atoms with Gasteiger partial charge in [0.2, 0.25) is 0 Å². The number of ether oxygens (including phenoxy) is 1. The highest BCUT2D eigenvalue weighted by atomic mass is 35.5. The Morgan fingerprint density at radius 2 is 1.50 bits per heavy atom. The number of unbranched alkanes of at least 4 members (excludes halogenated alkanes) is 3. The van der Waals surface area contributed by atoms with Crippen molar-refractivity contribution in [3.05, 3.63) is 0 Å². The summed E-state index contributed by atoms with van der Waals surface area (Å²) in [7, 11) is 0. The topological polar surface area (TPSA) is 26.3 Å². The van der Waals surface area contributed by atoms with Gasteiger partial charge in [-0.25, -0.2) is 0 Å². The number of halogens is 1. The molecule has 0 atom stereocenters. The first-order valence-corrected chi connectivity index (χ1v) is 12.9. The lowest BCUT2D eigenvalue weighted by molar-refractivity contribution is -0.167. The molecule has 2 nitrogen and oxygen atoms in total. The molecule has 0 N–H and O–H groups in total. The van der Waals surface area contributed by atoms with Gasteiger partial charge in [-0.05, 0) is 76.0 Å². The molecule has 0 spiro atoms. The fourth-order valence-corrected chi connectivity index (χ4v) is 5.85. The quantitative estimate of drug-likeness (QED) is 0.184. The first-order valence-electron chi connectivity index (χ1n) is 12.4. The van der Waals surface area contributed by atoms with Crippen molar-refractivity contribution in [3.8, 4) is 0 Å². The zero-order valence-electron chi connectivity index (χ0n) is 18.7. The van der Waals surface area contributed by atoms with Crippen LogP contribution >= 0.6 is 11.6 Å². The van der Waals surface area contributed by atoms with Crippen molar-refractivity contribution >= 4 is 17.6 Å². The van der Waals surface area contributed by atoms with Gasteiger partial charge in [-0.1, -0.05) is 58.8 Å². The summed E-state index contributed by atoms with van der Waals surface area (Å²) in [5, 5.41) is 0. The molecule has 0 heterocycles. The first kappa shape index (κ1) is 24.0. The second-order valence-corrected chi connectivity index (χ2v) is 10.1. The van der Waals surface area contributed by atoms with Crippen LogP contribution in [0, 0.1) is 17.3 Å². The summed E-state index contributed by atoms with van der Waals surface area (Å²) in [6.07, 6.45) is 20.5. The maximum Gasteiger partial charge on any atom is 0.312 e. The van der Waals surface area contributed by atoms with Gasteiger partial charge >= 0.3 is 5.97 Å². The molecule has 2 fully saturated rings. The van der Waals surface area contributed by atoms with Crippen molar-refractivity contribution in [1.82, 2.24) is 0 Å². The van der Waals surface area contributed by atoms with E-state index in [1.54, 1.807) is 0 Å². The van der Waals surface area contributed by atoms with Crippen molar-refractivity contribution in [3.63, 3.8) is 0 Å². The molecule has 0 bridgehead atoms. The minimum Gasteiger partial charge on any atom is -0.462 e. The van der Waals surface area contributed by atoms with Crippen LogP contribution in [0.2, 0.25) is 0 Å². The Balaban J connectivity index is 1.76. The Morgan fingerprint density at radius 3 is 2.11 bits per heavy atom. The van der Waals surface area contributed by atoms with Gasteiger partial charge in [-0.3, -0.25) is 4.79 Å². The van der Waals surface area contributed by atoms with E-state index in [4.69, 9.17) is 16.3 Å². The number of hydrogen-bond acceptors (Lipinski definition) is 2. The smallest absolute Gasteiger partial charge is 0.312 e. The largest absolute Gasteiger partial charge is 0.462 e. The van der Waals surface area contributed by atoms with E-state index in [0.29, 0.717) is 0 Å². The van der Waals surface area contributed by atoms with Crippen LogP contribution in [0.15, 0.2) is 0 Å². The third kappa shape index (κ3) is 7.54. The number of rotatable bonds is 12. The molecule has 0 aromatic heterocycles. The van der Waals surface area contributed by atoms with Gasteiger partial charge in [-0.2, -0.15) is 0 Å². The SMILES string of the molecule is CCCC1CCC(OC(=O)C2(CCC)CCC(CCCCCCCl)CC2)CC1. The standard InChI is InChI=1S/C25H45ClO2/c1-3-9-21-11-13-23(14-12-21)28-24(27)25(17-4-2)18-15-22(16-19-25)10-7-5-6-8-20-26/h21-23H,3-20H2,1-2H3. The molecule has 2 rings (SSSR count). The van der Waals surface area contributed by atoms with Crippen LogP contribution in [0.3, 0.4) is 0 Å². The molecular formula is C25H45ClO2. The zero-order chi connectivity index (χ0) is 20.2. The molecule has 3 heteroatoms. The van der Waals surface area contributed by atoms with Crippen LogP contribution in [0.1, 0.15) is 123 Å². The van der Waals surface area contributed by atoms with Gasteiger partial charge in [0.25, 0.3) is 0 Å². The van der Waals surface area contributed by atoms with E-state index in [0.717, 1.165) is 62.7 Å². The molecule has 2 aliphatic carbocycles. The van der Waals surface area contributed by atoms with E-state index >= 15 is 0 Å². The minimum atomic E-state index is -0.176. The Hall–Kier alpha value is -0.240. The Kier molecular flexibility index (Phi) is 11.3. The molecule has 0 aromatic rings. The highest BCUT2D eigenvalue weighted by Crippen LogP contribution is 2.45. The fourth-order valence-electron chi connectivity index (χ4n) is 5.66. The van der Waals surface area contributed by atoms with Crippen molar-refractivity contribution in [1.29, 1.82) is 0 Å². The Labute approximate surface area is 179 Å². The summed E-state index contributed by atoms with van der Waals surface area (Å²) in [5.41, 5.74) is -0.176. The van der Waals surface area contributed by atoms with E-state index in [1.807, 2.05) is 0 Å². The predicted molar refractivity (Wildman–Crippen MR) is 120 cm³/mol. The van der Waals surface area contributed by atoms with Crippen LogP contribution in [0.4, 0.5) is 0 Å². The molecule has 0 amide bonds. The first-order chi connectivity index (χ1) is 13.6. The zero-order valence-corrected chi connectivity index (χ0v) is 19.4. The average Bonchev–Trinajstić information content (AvgIpc) is 2.71. The van der Waals surface area contributed by atoms with Crippen molar-refractivity contribution in [2.75, 3.05) is 5.88 Å². The molecular weight excluding hydrogens is 368 g/mol. The molecule has 0 saturated heterocycles. The van der Waals surface area contributed by atoms with Crippen LogP contribution in [-0.2, 0) is 9.53 Å². The summed E-state index contributed by atoms with van der Waals surface area (Å²) in [5.74, 6) is 2.63. The van der Waals surface area contributed by atoms with Crippen molar-refractivity contribution in [2.24, 2.45) is 17.3 Å². The lowest BCUT2D eigenvalue weighted by Crippen LogP contribution is -2.39. The average molecular weight is 413 g/mol. The maximum absolute atomic E-state index is 13.2. The molecule has 0 radical (unpaired) electrons. The normalized spacial score (nSPS) is 30.9. The number of carbonyl (C=O) groups excluding carboxylic acids is 1. The van der Waals surface area contributed by atoms with Crippen LogP contribution < -0.4 is 0 Å². The number of hydrogen-bond donors (Lipinski definition) is 0. The van der Waals surface area contributed by atoms with E-state index < -0.39 is 0 Å². The molecule has 0 aromatic carbocycles. The van der Waals surface area contributed by atoms with Crippen molar-refractivity contribution < 1.29 is 9.53 Å². The van der Waals surface area contributed by atoms with Gasteiger partial charge in [0.05, 0.1) is 5.41 Å². The summed E-state index contributed by atoms with van der Waals surface area (Å²) < 4.78 is 6.12. The van der Waals surface area contributed by atoms with E-state index in [9.17, 15) is 4.79 Å². The third-order valence-electron chi connectivity index (χ3n) is 7.48. The van der Waals surface area contributed by atoms with Gasteiger partial charge < -0.3 is 4.74 Å². The maximum atomic E-state index is 13.2. The summed E-state index contributed by atoms with van der Waals surface area (Å²) >= 11 is 5.77. The number of carbonyl (C=O) groups is 1. The van der Waals surface area contributed by atoms with Gasteiger partial charge in [-0.15, -0.1) is 11.6 Å². The molecule has 2 saturated carbocycles. The molecule has 0 unspecified atom stereocenters. The van der Waals surface area contributed by atoms with E-state index in [1.165, 1.54) is 64.2 Å². The lowest BCUT2D eigenvalue weighted by Gasteiger charge is -2.40. The van der Waals surface area contributed by atoms with Gasteiger partial charge in [0, 0.05) is 5.88 Å². The number of alkyl halides is 1. The number of esters is 1. The predicted octanol–water partition coefficient (Wildman–Crippen LogP) is 8.05. The molecule has 0 aliphatic heterocycles. The highest BCUT2D eigenvalue weighted by molar-refractivity contribution is 6.17. The fraction of sp³-hybridized carbons (Fsp3) is 0.960. The lowest BCUT2D eigenvalue weighted by atomic mass is 9.67. The second kappa shape index (κ2) is 13.1.